The van der Waals surface area contributed by atoms with E-state index in [9.17, 15) is 4.79 Å². The first kappa shape index (κ1) is 26.4. The van der Waals surface area contributed by atoms with Gasteiger partial charge in [-0.1, -0.05) is 62.2 Å². The maximum Gasteiger partial charge on any atom is 0.254 e. The number of benzene rings is 3. The second-order valence-corrected chi connectivity index (χ2v) is 10.6. The highest BCUT2D eigenvalue weighted by atomic mass is 79.9. The zero-order valence-electron chi connectivity index (χ0n) is 20.2. The molecule has 0 saturated heterocycles. The molecule has 0 saturated carbocycles. The van der Waals surface area contributed by atoms with Gasteiger partial charge in [0.15, 0.2) is 11.6 Å². The van der Waals surface area contributed by atoms with Crippen LogP contribution in [-0.4, -0.2) is 54.7 Å². The third-order valence-corrected chi connectivity index (χ3v) is 7.31. The predicted molar refractivity (Wildman–Crippen MR) is 147 cm³/mol. The minimum Gasteiger partial charge on any atom is -0.494 e. The normalized spacial score (nSPS) is 18.9. The standard InChI is InChI=1S/C28H28Br2N2O4/c1-32(2)27(34)28(18-21-6-3-4-7-24(21)30)25(19-8-12-22(29)13-9-19)36-26(31-28)20-10-14-23(15-11-20)35-17-5-16-33/h3-4,6-15,25,33H,5,16-18H2,1-2H3/t25-,28-/m1/s1. The number of halogens is 2. The van der Waals surface area contributed by atoms with Crippen LogP contribution in [-0.2, 0) is 16.0 Å². The van der Waals surface area contributed by atoms with Crippen LogP contribution in [0.25, 0.3) is 0 Å². The van der Waals surface area contributed by atoms with Gasteiger partial charge in [-0.25, -0.2) is 4.99 Å². The Morgan fingerprint density at radius 3 is 2.39 bits per heavy atom. The summed E-state index contributed by atoms with van der Waals surface area (Å²) in [6.45, 7) is 0.519. The maximum absolute atomic E-state index is 13.9. The lowest BCUT2D eigenvalue weighted by molar-refractivity contribution is -0.137. The lowest BCUT2D eigenvalue weighted by Gasteiger charge is -2.33. The van der Waals surface area contributed by atoms with Gasteiger partial charge in [-0.15, -0.1) is 0 Å². The molecular weight excluding hydrogens is 588 g/mol. The van der Waals surface area contributed by atoms with E-state index in [-0.39, 0.29) is 12.5 Å². The molecule has 0 unspecified atom stereocenters. The fourth-order valence-electron chi connectivity index (χ4n) is 4.22. The molecule has 4 rings (SSSR count). The van der Waals surface area contributed by atoms with Gasteiger partial charge in [-0.3, -0.25) is 4.79 Å². The molecule has 3 aromatic carbocycles. The van der Waals surface area contributed by atoms with Crippen molar-refractivity contribution in [3.05, 3.63) is 98.4 Å². The van der Waals surface area contributed by atoms with Gasteiger partial charge in [0, 0.05) is 48.1 Å². The van der Waals surface area contributed by atoms with Crippen molar-refractivity contribution < 1.29 is 19.4 Å². The lowest BCUT2D eigenvalue weighted by atomic mass is 9.81. The molecule has 1 aliphatic heterocycles. The van der Waals surface area contributed by atoms with Crippen LogP contribution in [0.5, 0.6) is 5.75 Å². The molecule has 0 aromatic heterocycles. The summed E-state index contributed by atoms with van der Waals surface area (Å²) in [4.78, 5) is 20.5. The summed E-state index contributed by atoms with van der Waals surface area (Å²) in [7, 11) is 3.49. The molecule has 1 heterocycles. The van der Waals surface area contributed by atoms with E-state index < -0.39 is 11.6 Å². The predicted octanol–water partition coefficient (Wildman–Crippen LogP) is 5.56. The van der Waals surface area contributed by atoms with Gasteiger partial charge >= 0.3 is 0 Å². The molecule has 0 bridgehead atoms. The number of aliphatic imine (C=N–C) groups is 1. The van der Waals surface area contributed by atoms with Crippen LogP contribution in [0.2, 0.25) is 0 Å². The molecule has 0 spiro atoms. The van der Waals surface area contributed by atoms with Crippen molar-refractivity contribution in [3.63, 3.8) is 0 Å². The van der Waals surface area contributed by atoms with E-state index in [2.05, 4.69) is 31.9 Å². The molecule has 8 heteroatoms. The number of hydrogen-bond acceptors (Lipinski definition) is 5. The summed E-state index contributed by atoms with van der Waals surface area (Å²) in [6, 6.07) is 23.1. The average molecular weight is 616 g/mol. The van der Waals surface area contributed by atoms with E-state index in [0.717, 1.165) is 25.6 Å². The zero-order valence-corrected chi connectivity index (χ0v) is 23.3. The molecule has 0 aliphatic carbocycles. The number of nitrogens with zero attached hydrogens (tertiary/aromatic N) is 2. The maximum atomic E-state index is 13.9. The summed E-state index contributed by atoms with van der Waals surface area (Å²) in [6.07, 6.45) is 0.303. The third kappa shape index (κ3) is 5.66. The van der Waals surface area contributed by atoms with E-state index in [0.29, 0.717) is 31.1 Å². The summed E-state index contributed by atoms with van der Waals surface area (Å²) in [5.74, 6) is 0.969. The van der Waals surface area contributed by atoms with Crippen molar-refractivity contribution in [3.8, 4) is 5.75 Å². The number of amides is 1. The number of carbonyl (C=O) groups is 1. The Balaban J connectivity index is 1.79. The van der Waals surface area contributed by atoms with Crippen LogP contribution in [0.1, 0.15) is 29.2 Å². The van der Waals surface area contributed by atoms with E-state index in [1.54, 1.807) is 19.0 Å². The molecule has 188 valence electrons. The Bertz CT molecular complexity index is 1230. The first-order chi connectivity index (χ1) is 17.3. The number of aliphatic hydroxyl groups excluding tert-OH is 1. The second kappa shape index (κ2) is 11.6. The molecule has 1 amide bonds. The third-order valence-electron chi connectivity index (χ3n) is 6.00. The highest BCUT2D eigenvalue weighted by Gasteiger charge is 2.54. The van der Waals surface area contributed by atoms with Gasteiger partial charge in [0.2, 0.25) is 5.90 Å². The molecule has 2 atom stereocenters. The van der Waals surface area contributed by atoms with Crippen LogP contribution >= 0.6 is 31.9 Å². The first-order valence-electron chi connectivity index (χ1n) is 11.7. The summed E-state index contributed by atoms with van der Waals surface area (Å²) in [5.41, 5.74) is 1.39. The Morgan fingerprint density at radius 2 is 1.75 bits per heavy atom. The Hall–Kier alpha value is -2.68. The largest absolute Gasteiger partial charge is 0.494 e. The molecule has 6 nitrogen and oxygen atoms in total. The SMILES string of the molecule is CN(C)C(=O)[C@]1(Cc2ccccc2Br)N=C(c2ccc(OCCCO)cc2)O[C@@H]1c1ccc(Br)cc1. The molecule has 3 aromatic rings. The lowest BCUT2D eigenvalue weighted by Crippen LogP contribution is -2.49. The molecule has 0 radical (unpaired) electrons. The fourth-order valence-corrected chi connectivity index (χ4v) is 4.91. The summed E-state index contributed by atoms with van der Waals surface area (Å²) in [5, 5.41) is 8.97. The number of hydrogen-bond donors (Lipinski definition) is 1. The number of likely N-dealkylation sites (N-methyl/N-ethyl adjacent to an activating group) is 1. The summed E-state index contributed by atoms with van der Waals surface area (Å²) >= 11 is 7.14. The zero-order chi connectivity index (χ0) is 25.7. The number of ether oxygens (including phenoxy) is 2. The Labute approximate surface area is 228 Å². The smallest absolute Gasteiger partial charge is 0.254 e. The topological polar surface area (TPSA) is 71.4 Å². The van der Waals surface area contributed by atoms with Gasteiger partial charge in [-0.05, 0) is 53.6 Å². The minimum absolute atomic E-state index is 0.0830. The monoisotopic (exact) mass is 614 g/mol. The van der Waals surface area contributed by atoms with Gasteiger partial charge in [0.25, 0.3) is 5.91 Å². The molecule has 1 aliphatic rings. The Kier molecular flexibility index (Phi) is 8.49. The van der Waals surface area contributed by atoms with Crippen LogP contribution in [0.15, 0.2) is 86.7 Å². The highest BCUT2D eigenvalue weighted by Crippen LogP contribution is 2.44. The molecular formula is C28H28Br2N2O4. The number of rotatable bonds is 9. The van der Waals surface area contributed by atoms with Crippen molar-refractivity contribution in [1.82, 2.24) is 4.90 Å². The second-order valence-electron chi connectivity index (χ2n) is 8.81. The van der Waals surface area contributed by atoms with Crippen LogP contribution in [0.3, 0.4) is 0 Å². The number of carbonyl (C=O) groups excluding carboxylic acids is 1. The van der Waals surface area contributed by atoms with Crippen molar-refractivity contribution >= 4 is 43.7 Å². The van der Waals surface area contributed by atoms with Gasteiger partial charge in [-0.2, -0.15) is 0 Å². The highest BCUT2D eigenvalue weighted by molar-refractivity contribution is 9.10. The van der Waals surface area contributed by atoms with E-state index in [4.69, 9.17) is 19.6 Å². The van der Waals surface area contributed by atoms with Gasteiger partial charge in [0.05, 0.1) is 6.61 Å². The molecule has 36 heavy (non-hydrogen) atoms. The van der Waals surface area contributed by atoms with E-state index in [1.807, 2.05) is 72.8 Å². The summed E-state index contributed by atoms with van der Waals surface area (Å²) < 4.78 is 14.0. The van der Waals surface area contributed by atoms with Gasteiger partial charge in [0.1, 0.15) is 5.75 Å². The minimum atomic E-state index is -1.20. The fraction of sp³-hybridized carbons (Fsp3) is 0.286. The average Bonchev–Trinajstić information content (AvgIpc) is 3.26. The van der Waals surface area contributed by atoms with Gasteiger partial charge < -0.3 is 19.5 Å². The van der Waals surface area contributed by atoms with Crippen LogP contribution < -0.4 is 4.74 Å². The van der Waals surface area contributed by atoms with Crippen molar-refractivity contribution in [2.75, 3.05) is 27.3 Å². The first-order valence-corrected chi connectivity index (χ1v) is 13.2. The van der Waals surface area contributed by atoms with Crippen molar-refractivity contribution in [2.24, 2.45) is 4.99 Å². The molecule has 1 N–H and O–H groups in total. The number of aliphatic hydroxyl groups is 1. The van der Waals surface area contributed by atoms with Crippen LogP contribution in [0, 0.1) is 0 Å². The quantitative estimate of drug-likeness (QED) is 0.320. The Morgan fingerprint density at radius 1 is 1.06 bits per heavy atom. The van der Waals surface area contributed by atoms with E-state index >= 15 is 0 Å². The van der Waals surface area contributed by atoms with E-state index in [1.165, 1.54) is 0 Å². The van der Waals surface area contributed by atoms with Crippen molar-refractivity contribution in [2.45, 2.75) is 24.5 Å². The van der Waals surface area contributed by atoms with Crippen molar-refractivity contribution in [1.29, 1.82) is 0 Å². The molecule has 0 fully saturated rings. The van der Waals surface area contributed by atoms with Crippen LogP contribution in [0.4, 0.5) is 0 Å².